The van der Waals surface area contributed by atoms with Gasteiger partial charge in [-0.15, -0.1) is 0 Å². The summed E-state index contributed by atoms with van der Waals surface area (Å²) in [6.07, 6.45) is 1.82. The third-order valence-electron chi connectivity index (χ3n) is 2.56. The van der Waals surface area contributed by atoms with Crippen molar-refractivity contribution in [2.45, 2.75) is 6.42 Å². The first kappa shape index (κ1) is 13.1. The first-order valence-electron chi connectivity index (χ1n) is 5.48. The molecule has 1 N–H and O–H groups in total. The highest BCUT2D eigenvalue weighted by Crippen LogP contribution is 2.26. The second kappa shape index (κ2) is 5.09. The minimum atomic E-state index is -0.156. The molecule has 0 saturated heterocycles. The summed E-state index contributed by atoms with van der Waals surface area (Å²) in [5.41, 5.74) is 1.66. The maximum Gasteiger partial charge on any atom is 0.229 e. The highest BCUT2D eigenvalue weighted by Gasteiger charge is 2.24. The number of Topliss-reactive ketones (excluding diaryl/α,β-unsaturated/α-hetero) is 1. The normalized spacial score (nSPS) is 17.2. The van der Waals surface area contributed by atoms with E-state index in [9.17, 15) is 9.59 Å². The SMILES string of the molecule is CN(C)/C=C1/CC(=O)Nc2ccc(I)cc2C1=O. The lowest BCUT2D eigenvalue weighted by molar-refractivity contribution is -0.115. The Bertz CT molecular complexity index is 550. The van der Waals surface area contributed by atoms with Gasteiger partial charge in [-0.2, -0.15) is 0 Å². The molecule has 1 aromatic carbocycles. The van der Waals surface area contributed by atoms with Crippen LogP contribution in [0.4, 0.5) is 5.69 Å². The number of nitrogens with zero attached hydrogens (tertiary/aromatic N) is 1. The summed E-state index contributed by atoms with van der Waals surface area (Å²) >= 11 is 2.15. The van der Waals surface area contributed by atoms with Gasteiger partial charge in [-0.1, -0.05) is 0 Å². The van der Waals surface area contributed by atoms with Crippen molar-refractivity contribution in [3.63, 3.8) is 0 Å². The molecule has 0 radical (unpaired) electrons. The van der Waals surface area contributed by atoms with E-state index in [4.69, 9.17) is 0 Å². The number of amides is 1. The molecule has 1 aromatic rings. The van der Waals surface area contributed by atoms with E-state index < -0.39 is 0 Å². The van der Waals surface area contributed by atoms with Crippen LogP contribution in [-0.4, -0.2) is 30.7 Å². The zero-order chi connectivity index (χ0) is 13.3. The van der Waals surface area contributed by atoms with E-state index in [1.165, 1.54) is 0 Å². The fourth-order valence-electron chi connectivity index (χ4n) is 1.85. The number of hydrogen-bond acceptors (Lipinski definition) is 3. The van der Waals surface area contributed by atoms with Gasteiger partial charge >= 0.3 is 0 Å². The molecule has 0 aliphatic carbocycles. The molecule has 1 aliphatic rings. The molecule has 2 rings (SSSR count). The molecule has 1 amide bonds. The lowest BCUT2D eigenvalue weighted by Crippen LogP contribution is -2.12. The highest BCUT2D eigenvalue weighted by molar-refractivity contribution is 14.1. The van der Waals surface area contributed by atoms with Crippen LogP contribution in [0.2, 0.25) is 0 Å². The molecule has 4 nitrogen and oxygen atoms in total. The smallest absolute Gasteiger partial charge is 0.229 e. The number of hydrogen-bond donors (Lipinski definition) is 1. The summed E-state index contributed by atoms with van der Waals surface area (Å²) in [6, 6.07) is 5.44. The van der Waals surface area contributed by atoms with Gasteiger partial charge in [0.25, 0.3) is 0 Å². The summed E-state index contributed by atoms with van der Waals surface area (Å²) in [7, 11) is 3.66. The predicted octanol–water partition coefficient (Wildman–Crippen LogP) is 2.26. The average Bonchev–Trinajstić information content (AvgIpc) is 2.38. The number of fused-ring (bicyclic) bond motifs is 1. The van der Waals surface area contributed by atoms with E-state index >= 15 is 0 Å². The van der Waals surface area contributed by atoms with Gasteiger partial charge in [0.2, 0.25) is 5.91 Å². The van der Waals surface area contributed by atoms with Crippen LogP contribution in [0.1, 0.15) is 16.8 Å². The van der Waals surface area contributed by atoms with Gasteiger partial charge < -0.3 is 10.2 Å². The number of ketones is 1. The van der Waals surface area contributed by atoms with Crippen LogP contribution in [0.3, 0.4) is 0 Å². The average molecular weight is 356 g/mol. The first-order chi connectivity index (χ1) is 8.47. The van der Waals surface area contributed by atoms with Gasteiger partial charge in [0, 0.05) is 35.0 Å². The lowest BCUT2D eigenvalue weighted by Gasteiger charge is -2.08. The minimum absolute atomic E-state index is 0.0874. The maximum absolute atomic E-state index is 12.4. The number of anilines is 1. The van der Waals surface area contributed by atoms with Gasteiger partial charge in [-0.3, -0.25) is 9.59 Å². The minimum Gasteiger partial charge on any atom is -0.383 e. The molecule has 5 heteroatoms. The molecule has 0 saturated carbocycles. The van der Waals surface area contributed by atoms with Gasteiger partial charge in [-0.05, 0) is 40.8 Å². The fourth-order valence-corrected chi connectivity index (χ4v) is 2.34. The Morgan fingerprint density at radius 1 is 1.33 bits per heavy atom. The van der Waals surface area contributed by atoms with Crippen LogP contribution >= 0.6 is 22.6 Å². The topological polar surface area (TPSA) is 49.4 Å². The Morgan fingerprint density at radius 3 is 2.72 bits per heavy atom. The van der Waals surface area contributed by atoms with E-state index in [0.717, 1.165) is 3.57 Å². The third-order valence-corrected chi connectivity index (χ3v) is 3.23. The zero-order valence-electron chi connectivity index (χ0n) is 10.2. The molecular weight excluding hydrogens is 343 g/mol. The van der Waals surface area contributed by atoms with Crippen LogP contribution in [0.5, 0.6) is 0 Å². The molecule has 94 valence electrons. The Labute approximate surface area is 119 Å². The van der Waals surface area contributed by atoms with Crippen LogP contribution in [0, 0.1) is 3.57 Å². The Kier molecular flexibility index (Phi) is 3.70. The quantitative estimate of drug-likeness (QED) is 0.620. The molecular formula is C13H13IN2O2. The van der Waals surface area contributed by atoms with Gasteiger partial charge in [0.1, 0.15) is 0 Å². The molecule has 1 aliphatic heterocycles. The monoisotopic (exact) mass is 356 g/mol. The van der Waals surface area contributed by atoms with Gasteiger partial charge in [0.15, 0.2) is 5.78 Å². The molecule has 0 fully saturated rings. The van der Waals surface area contributed by atoms with Crippen molar-refractivity contribution >= 4 is 40.0 Å². The van der Waals surface area contributed by atoms with Crippen molar-refractivity contribution in [1.29, 1.82) is 0 Å². The molecule has 0 bridgehead atoms. The second-order valence-corrected chi connectivity index (χ2v) is 5.61. The summed E-state index contributed by atoms with van der Waals surface area (Å²) in [5, 5.41) is 2.76. The third kappa shape index (κ3) is 2.72. The van der Waals surface area contributed by atoms with Crippen molar-refractivity contribution in [3.8, 4) is 0 Å². The number of carbonyl (C=O) groups excluding carboxylic acids is 2. The van der Waals surface area contributed by atoms with Gasteiger partial charge in [-0.25, -0.2) is 0 Å². The lowest BCUT2D eigenvalue weighted by atomic mass is 10.0. The second-order valence-electron chi connectivity index (χ2n) is 4.36. The molecule has 0 spiro atoms. The van der Waals surface area contributed by atoms with E-state index in [2.05, 4.69) is 27.9 Å². The first-order valence-corrected chi connectivity index (χ1v) is 6.56. The van der Waals surface area contributed by atoms with Crippen LogP contribution in [0.15, 0.2) is 30.0 Å². The zero-order valence-corrected chi connectivity index (χ0v) is 12.3. The summed E-state index contributed by atoms with van der Waals surface area (Å²) in [4.78, 5) is 25.9. The Morgan fingerprint density at radius 2 is 2.06 bits per heavy atom. The maximum atomic E-state index is 12.4. The largest absolute Gasteiger partial charge is 0.383 e. The fraction of sp³-hybridized carbons (Fsp3) is 0.231. The Balaban J connectivity index is 2.54. The molecule has 0 atom stereocenters. The molecule has 1 heterocycles. The van der Waals surface area contributed by atoms with Crippen LogP contribution in [-0.2, 0) is 4.79 Å². The van der Waals surface area contributed by atoms with Crippen molar-refractivity contribution in [2.24, 2.45) is 0 Å². The number of benzene rings is 1. The number of carbonyl (C=O) groups is 2. The molecule has 0 unspecified atom stereocenters. The molecule has 0 aromatic heterocycles. The number of halogens is 1. The summed E-state index contributed by atoms with van der Waals surface area (Å²) in [5.74, 6) is -0.244. The summed E-state index contributed by atoms with van der Waals surface area (Å²) < 4.78 is 0.972. The van der Waals surface area contributed by atoms with Crippen molar-refractivity contribution in [2.75, 3.05) is 19.4 Å². The number of rotatable bonds is 1. The Hall–Kier alpha value is -1.37. The van der Waals surface area contributed by atoms with E-state index in [-0.39, 0.29) is 18.1 Å². The highest BCUT2D eigenvalue weighted by atomic mass is 127. The summed E-state index contributed by atoms with van der Waals surface area (Å²) in [6.45, 7) is 0. The van der Waals surface area contributed by atoms with Crippen molar-refractivity contribution in [1.82, 2.24) is 4.90 Å². The van der Waals surface area contributed by atoms with Gasteiger partial charge in [0.05, 0.1) is 12.1 Å². The van der Waals surface area contributed by atoms with Crippen LogP contribution < -0.4 is 5.32 Å². The standard InChI is InChI=1S/C13H13IN2O2/c1-16(2)7-8-5-12(17)15-11-4-3-9(14)6-10(11)13(8)18/h3-4,6-7H,5H2,1-2H3,(H,15,17)/b8-7-. The van der Waals surface area contributed by atoms with E-state index in [0.29, 0.717) is 16.8 Å². The van der Waals surface area contributed by atoms with E-state index in [1.807, 2.05) is 20.2 Å². The molecule has 18 heavy (non-hydrogen) atoms. The van der Waals surface area contributed by atoms with Crippen molar-refractivity contribution in [3.05, 3.63) is 39.1 Å². The number of nitrogens with one attached hydrogen (secondary N) is 1. The van der Waals surface area contributed by atoms with E-state index in [1.54, 1.807) is 23.2 Å². The predicted molar refractivity (Wildman–Crippen MR) is 78.5 cm³/mol. The van der Waals surface area contributed by atoms with Crippen molar-refractivity contribution < 1.29 is 9.59 Å². The van der Waals surface area contributed by atoms with Crippen LogP contribution in [0.25, 0.3) is 0 Å².